The molecule has 0 saturated heterocycles. The van der Waals surface area contributed by atoms with Crippen molar-refractivity contribution >= 4 is 50.7 Å². The molecule has 0 unspecified atom stereocenters. The first kappa shape index (κ1) is 31.3. The van der Waals surface area contributed by atoms with Crippen LogP contribution in [0.15, 0.2) is 71.6 Å². The number of sulfonamides is 1. The SMILES string of the molecule is CCCNC(=O)[C@H](C)N(Cc1ccc(Cl)cc1)C(=O)CN(c1ccc(OC)c(Cl)c1)S(=O)(=O)c1ccc(C)cc1. The van der Waals surface area contributed by atoms with Gasteiger partial charge in [-0.3, -0.25) is 13.9 Å². The highest BCUT2D eigenvalue weighted by Gasteiger charge is 2.32. The van der Waals surface area contributed by atoms with E-state index >= 15 is 0 Å². The second-order valence-electron chi connectivity index (χ2n) is 9.26. The van der Waals surface area contributed by atoms with Gasteiger partial charge in [-0.25, -0.2) is 8.42 Å². The summed E-state index contributed by atoms with van der Waals surface area (Å²) in [6.45, 7) is 5.33. The van der Waals surface area contributed by atoms with E-state index in [9.17, 15) is 18.0 Å². The molecule has 0 radical (unpaired) electrons. The van der Waals surface area contributed by atoms with Crippen molar-refractivity contribution in [3.05, 3.63) is 87.9 Å². The molecule has 0 aliphatic carbocycles. The molecular formula is C29H33Cl2N3O5S. The van der Waals surface area contributed by atoms with E-state index in [0.717, 1.165) is 21.9 Å². The Labute approximate surface area is 245 Å². The van der Waals surface area contributed by atoms with E-state index in [1.165, 1.54) is 42.3 Å². The molecule has 0 aromatic heterocycles. The van der Waals surface area contributed by atoms with Crippen LogP contribution in [0, 0.1) is 6.92 Å². The average Bonchev–Trinajstić information content (AvgIpc) is 2.93. The van der Waals surface area contributed by atoms with Crippen molar-refractivity contribution in [3.63, 3.8) is 0 Å². The zero-order valence-electron chi connectivity index (χ0n) is 22.9. The number of methoxy groups -OCH3 is 1. The fourth-order valence-electron chi connectivity index (χ4n) is 3.94. The summed E-state index contributed by atoms with van der Waals surface area (Å²) in [6.07, 6.45) is 0.727. The molecular weight excluding hydrogens is 573 g/mol. The molecule has 0 saturated carbocycles. The molecule has 8 nitrogen and oxygen atoms in total. The molecule has 1 atom stereocenters. The highest BCUT2D eigenvalue weighted by Crippen LogP contribution is 2.32. The molecule has 2 amide bonds. The van der Waals surface area contributed by atoms with Crippen LogP contribution in [0.5, 0.6) is 5.75 Å². The molecule has 0 heterocycles. The average molecular weight is 607 g/mol. The number of benzene rings is 3. The van der Waals surface area contributed by atoms with Crippen molar-refractivity contribution in [1.82, 2.24) is 10.2 Å². The number of hydrogen-bond acceptors (Lipinski definition) is 5. The topological polar surface area (TPSA) is 96.0 Å². The van der Waals surface area contributed by atoms with Crippen LogP contribution in [0.3, 0.4) is 0 Å². The third-order valence-electron chi connectivity index (χ3n) is 6.29. The highest BCUT2D eigenvalue weighted by molar-refractivity contribution is 7.92. The monoisotopic (exact) mass is 605 g/mol. The zero-order chi connectivity index (χ0) is 29.4. The fourth-order valence-corrected chi connectivity index (χ4v) is 5.73. The van der Waals surface area contributed by atoms with Crippen LogP contribution in [-0.2, 0) is 26.2 Å². The minimum Gasteiger partial charge on any atom is -0.495 e. The number of ether oxygens (including phenoxy) is 1. The summed E-state index contributed by atoms with van der Waals surface area (Å²) in [5.74, 6) is -0.559. The number of nitrogens with zero attached hydrogens (tertiary/aromatic N) is 2. The van der Waals surface area contributed by atoms with Crippen molar-refractivity contribution in [2.75, 3.05) is 24.5 Å². The Morgan fingerprint density at radius 1 is 1.00 bits per heavy atom. The normalized spacial score (nSPS) is 11.9. The summed E-state index contributed by atoms with van der Waals surface area (Å²) >= 11 is 12.4. The molecule has 40 heavy (non-hydrogen) atoms. The van der Waals surface area contributed by atoms with Gasteiger partial charge in [-0.1, -0.05) is 60.0 Å². The standard InChI is InChI=1S/C29H33Cl2N3O5S/c1-5-16-32-29(36)21(3)33(18-22-8-10-23(30)11-9-22)28(35)19-34(24-12-15-27(39-4)26(31)17-24)40(37,38)25-13-6-20(2)7-14-25/h6-15,17,21H,5,16,18-19H2,1-4H3,(H,32,36)/t21-/m0/s1. The summed E-state index contributed by atoms with van der Waals surface area (Å²) in [6, 6.07) is 16.8. The second-order valence-corrected chi connectivity index (χ2v) is 12.0. The van der Waals surface area contributed by atoms with E-state index < -0.39 is 28.5 Å². The van der Waals surface area contributed by atoms with Crippen LogP contribution >= 0.6 is 23.2 Å². The molecule has 0 aliphatic heterocycles. The van der Waals surface area contributed by atoms with E-state index in [0.29, 0.717) is 17.3 Å². The van der Waals surface area contributed by atoms with E-state index in [4.69, 9.17) is 27.9 Å². The summed E-state index contributed by atoms with van der Waals surface area (Å²) in [5.41, 5.74) is 1.79. The van der Waals surface area contributed by atoms with Crippen molar-refractivity contribution in [2.45, 2.75) is 44.7 Å². The Hall–Kier alpha value is -3.27. The minimum atomic E-state index is -4.21. The maximum atomic E-state index is 13.9. The number of anilines is 1. The summed E-state index contributed by atoms with van der Waals surface area (Å²) < 4.78 is 34.0. The molecule has 0 fully saturated rings. The van der Waals surface area contributed by atoms with Crippen LogP contribution in [0.1, 0.15) is 31.4 Å². The second kappa shape index (κ2) is 13.9. The van der Waals surface area contributed by atoms with Crippen LogP contribution in [0.4, 0.5) is 5.69 Å². The number of rotatable bonds is 12. The van der Waals surface area contributed by atoms with Crippen molar-refractivity contribution in [2.24, 2.45) is 0 Å². The number of carbonyl (C=O) groups is 2. The maximum absolute atomic E-state index is 13.9. The third-order valence-corrected chi connectivity index (χ3v) is 8.63. The van der Waals surface area contributed by atoms with Gasteiger partial charge < -0.3 is 15.0 Å². The lowest BCUT2D eigenvalue weighted by Crippen LogP contribution is -2.51. The molecule has 3 rings (SSSR count). The zero-order valence-corrected chi connectivity index (χ0v) is 25.2. The minimum absolute atomic E-state index is 0.0100. The van der Waals surface area contributed by atoms with Crippen LogP contribution in [0.25, 0.3) is 0 Å². The summed E-state index contributed by atoms with van der Waals surface area (Å²) in [4.78, 5) is 28.2. The predicted octanol–water partition coefficient (Wildman–Crippen LogP) is 5.45. The lowest BCUT2D eigenvalue weighted by Gasteiger charge is -2.32. The van der Waals surface area contributed by atoms with Crippen molar-refractivity contribution < 1.29 is 22.7 Å². The lowest BCUT2D eigenvalue weighted by molar-refractivity contribution is -0.139. The van der Waals surface area contributed by atoms with Gasteiger partial charge in [0.15, 0.2) is 0 Å². The van der Waals surface area contributed by atoms with E-state index in [2.05, 4.69) is 5.32 Å². The van der Waals surface area contributed by atoms with Gasteiger partial charge in [-0.05, 0) is 68.3 Å². The fraction of sp³-hybridized carbons (Fsp3) is 0.310. The van der Waals surface area contributed by atoms with E-state index in [1.807, 2.05) is 13.8 Å². The maximum Gasteiger partial charge on any atom is 0.264 e. The number of halogens is 2. The highest BCUT2D eigenvalue weighted by atomic mass is 35.5. The molecule has 0 bridgehead atoms. The first-order chi connectivity index (χ1) is 19.0. The molecule has 1 N–H and O–H groups in total. The number of amides is 2. The van der Waals surface area contributed by atoms with Gasteiger partial charge in [0.1, 0.15) is 18.3 Å². The quantitative estimate of drug-likeness (QED) is 0.296. The Morgan fingerprint density at radius 3 is 2.23 bits per heavy atom. The smallest absolute Gasteiger partial charge is 0.264 e. The van der Waals surface area contributed by atoms with Gasteiger partial charge in [0.2, 0.25) is 11.8 Å². The number of aryl methyl sites for hydroxylation is 1. The largest absolute Gasteiger partial charge is 0.495 e. The first-order valence-electron chi connectivity index (χ1n) is 12.7. The van der Waals surface area contributed by atoms with Crippen molar-refractivity contribution in [3.8, 4) is 5.75 Å². The van der Waals surface area contributed by atoms with Crippen LogP contribution in [0.2, 0.25) is 10.0 Å². The number of hydrogen-bond donors (Lipinski definition) is 1. The predicted molar refractivity (Wildman–Crippen MR) is 158 cm³/mol. The molecule has 3 aromatic carbocycles. The molecule has 0 aliphatic rings. The van der Waals surface area contributed by atoms with E-state index in [1.54, 1.807) is 43.3 Å². The summed E-state index contributed by atoms with van der Waals surface area (Å²) in [5, 5.41) is 3.52. The van der Waals surface area contributed by atoms with E-state index in [-0.39, 0.29) is 28.1 Å². The Bertz CT molecular complexity index is 1430. The summed E-state index contributed by atoms with van der Waals surface area (Å²) in [7, 11) is -2.76. The van der Waals surface area contributed by atoms with Gasteiger partial charge in [-0.15, -0.1) is 0 Å². The first-order valence-corrected chi connectivity index (χ1v) is 14.9. The van der Waals surface area contributed by atoms with Crippen molar-refractivity contribution in [1.29, 1.82) is 0 Å². The molecule has 214 valence electrons. The third kappa shape index (κ3) is 7.68. The van der Waals surface area contributed by atoms with Gasteiger partial charge >= 0.3 is 0 Å². The number of nitrogens with one attached hydrogen (secondary N) is 1. The Kier molecular flexibility index (Phi) is 10.8. The Morgan fingerprint density at radius 2 is 1.65 bits per heavy atom. The Balaban J connectivity index is 2.05. The van der Waals surface area contributed by atoms with Gasteiger partial charge in [0, 0.05) is 18.1 Å². The van der Waals surface area contributed by atoms with Crippen LogP contribution < -0.4 is 14.4 Å². The van der Waals surface area contributed by atoms with Gasteiger partial charge in [0.05, 0.1) is 22.7 Å². The molecule has 0 spiro atoms. The number of carbonyl (C=O) groups excluding carboxylic acids is 2. The molecule has 11 heteroatoms. The van der Waals surface area contributed by atoms with Gasteiger partial charge in [0.25, 0.3) is 10.0 Å². The van der Waals surface area contributed by atoms with Gasteiger partial charge in [-0.2, -0.15) is 0 Å². The van der Waals surface area contributed by atoms with Crippen LogP contribution in [-0.4, -0.2) is 51.4 Å². The molecule has 3 aromatic rings. The lowest BCUT2D eigenvalue weighted by atomic mass is 10.1.